The first-order chi connectivity index (χ1) is 12.2. The van der Waals surface area contributed by atoms with Crippen LogP contribution in [-0.2, 0) is 0 Å². The van der Waals surface area contributed by atoms with Gasteiger partial charge in [0.15, 0.2) is 5.75 Å². The number of fused-ring (bicyclic) bond motifs is 1. The van der Waals surface area contributed by atoms with Gasteiger partial charge in [0.1, 0.15) is 11.4 Å². The number of pyridine rings is 3. The lowest BCUT2D eigenvalue weighted by atomic mass is 10.1. The van der Waals surface area contributed by atoms with Gasteiger partial charge < -0.3 is 4.74 Å². The molecule has 3 heterocycles. The highest BCUT2D eigenvalue weighted by Crippen LogP contribution is 2.35. The van der Waals surface area contributed by atoms with Crippen LogP contribution in [0.4, 0.5) is 0 Å². The van der Waals surface area contributed by atoms with Crippen LogP contribution >= 0.6 is 0 Å². The van der Waals surface area contributed by atoms with E-state index < -0.39 is 0 Å². The molecule has 4 aromatic rings. The Hall–Kier alpha value is -3.27. The number of aryl methyl sites for hydroxylation is 2. The summed E-state index contributed by atoms with van der Waals surface area (Å²) in [5, 5.41) is 0.973. The SMILES string of the molecule is Cc1cc(Oc2ccnc3ccccc23)c(-c2cccnc2)nc1C. The average molecular weight is 327 g/mol. The highest BCUT2D eigenvalue weighted by atomic mass is 16.5. The Morgan fingerprint density at radius 2 is 1.76 bits per heavy atom. The third-order valence-corrected chi connectivity index (χ3v) is 4.20. The Labute approximate surface area is 146 Å². The summed E-state index contributed by atoms with van der Waals surface area (Å²) < 4.78 is 6.28. The van der Waals surface area contributed by atoms with Crippen LogP contribution in [0.2, 0.25) is 0 Å². The van der Waals surface area contributed by atoms with E-state index in [-0.39, 0.29) is 0 Å². The molecule has 0 bridgehead atoms. The zero-order chi connectivity index (χ0) is 17.2. The first kappa shape index (κ1) is 15.3. The van der Waals surface area contributed by atoms with Gasteiger partial charge in [-0.3, -0.25) is 9.97 Å². The molecule has 0 aliphatic rings. The molecule has 122 valence electrons. The highest BCUT2D eigenvalue weighted by molar-refractivity contribution is 5.85. The molecule has 0 saturated heterocycles. The van der Waals surface area contributed by atoms with E-state index in [1.807, 2.05) is 62.4 Å². The largest absolute Gasteiger partial charge is 0.454 e. The second kappa shape index (κ2) is 6.32. The standard InChI is InChI=1S/C21H17N3O/c1-14-12-20(21(24-15(14)2)16-6-5-10-22-13-16)25-19-9-11-23-18-8-4-3-7-17(18)19/h3-13H,1-2H3. The summed E-state index contributed by atoms with van der Waals surface area (Å²) in [6, 6.07) is 15.7. The van der Waals surface area contributed by atoms with Crippen molar-refractivity contribution in [3.8, 4) is 22.8 Å². The average Bonchev–Trinajstić information content (AvgIpc) is 2.65. The zero-order valence-corrected chi connectivity index (χ0v) is 14.1. The molecule has 0 spiro atoms. The molecule has 0 radical (unpaired) electrons. The second-order valence-electron chi connectivity index (χ2n) is 5.91. The van der Waals surface area contributed by atoms with E-state index in [4.69, 9.17) is 9.72 Å². The van der Waals surface area contributed by atoms with Gasteiger partial charge >= 0.3 is 0 Å². The minimum Gasteiger partial charge on any atom is -0.454 e. The topological polar surface area (TPSA) is 47.9 Å². The van der Waals surface area contributed by atoms with Crippen molar-refractivity contribution in [2.45, 2.75) is 13.8 Å². The van der Waals surface area contributed by atoms with Crippen LogP contribution < -0.4 is 4.74 Å². The van der Waals surface area contributed by atoms with Crippen LogP contribution in [0.15, 0.2) is 67.1 Å². The Morgan fingerprint density at radius 1 is 0.880 bits per heavy atom. The minimum absolute atomic E-state index is 0.715. The van der Waals surface area contributed by atoms with Crippen LogP contribution in [0.3, 0.4) is 0 Å². The predicted molar refractivity (Wildman–Crippen MR) is 98.8 cm³/mol. The molecule has 0 saturated carbocycles. The molecule has 3 aromatic heterocycles. The van der Waals surface area contributed by atoms with Gasteiger partial charge in [0.2, 0.25) is 0 Å². The lowest BCUT2D eigenvalue weighted by Crippen LogP contribution is -1.97. The molecule has 0 N–H and O–H groups in total. The molecule has 0 atom stereocenters. The minimum atomic E-state index is 0.715. The summed E-state index contributed by atoms with van der Waals surface area (Å²) in [4.78, 5) is 13.3. The van der Waals surface area contributed by atoms with E-state index in [1.54, 1.807) is 18.6 Å². The van der Waals surface area contributed by atoms with Crippen molar-refractivity contribution in [2.75, 3.05) is 0 Å². The fourth-order valence-electron chi connectivity index (χ4n) is 2.74. The number of para-hydroxylation sites is 1. The summed E-state index contributed by atoms with van der Waals surface area (Å²) in [5.74, 6) is 1.48. The molecule has 0 fully saturated rings. The van der Waals surface area contributed by atoms with E-state index in [0.29, 0.717) is 5.75 Å². The van der Waals surface area contributed by atoms with Gasteiger partial charge in [0.05, 0.1) is 5.52 Å². The first-order valence-electron chi connectivity index (χ1n) is 8.12. The molecule has 4 heteroatoms. The Morgan fingerprint density at radius 3 is 2.60 bits per heavy atom. The summed E-state index contributed by atoms with van der Waals surface area (Å²) >= 11 is 0. The number of hydrogen-bond acceptors (Lipinski definition) is 4. The number of nitrogens with zero attached hydrogens (tertiary/aromatic N) is 3. The number of rotatable bonds is 3. The molecule has 0 aliphatic heterocycles. The second-order valence-corrected chi connectivity index (χ2v) is 5.91. The summed E-state index contributed by atoms with van der Waals surface area (Å²) in [6.07, 6.45) is 5.31. The van der Waals surface area contributed by atoms with Crippen molar-refractivity contribution in [3.63, 3.8) is 0 Å². The predicted octanol–water partition coefficient (Wildman–Crippen LogP) is 5.10. The van der Waals surface area contributed by atoms with Gasteiger partial charge in [-0.2, -0.15) is 0 Å². The summed E-state index contributed by atoms with van der Waals surface area (Å²) in [7, 11) is 0. The van der Waals surface area contributed by atoms with Gasteiger partial charge in [-0.15, -0.1) is 0 Å². The number of ether oxygens (including phenoxy) is 1. The van der Waals surface area contributed by atoms with Crippen molar-refractivity contribution < 1.29 is 4.74 Å². The van der Waals surface area contributed by atoms with Crippen LogP contribution in [0.1, 0.15) is 11.3 Å². The molecule has 0 aliphatic carbocycles. The Kier molecular flexibility index (Phi) is 3.86. The van der Waals surface area contributed by atoms with Crippen LogP contribution in [0, 0.1) is 13.8 Å². The number of benzene rings is 1. The fraction of sp³-hybridized carbons (Fsp3) is 0.0952. The Balaban J connectivity index is 1.86. The molecule has 25 heavy (non-hydrogen) atoms. The molecule has 1 aromatic carbocycles. The summed E-state index contributed by atoms with van der Waals surface area (Å²) in [5.41, 5.74) is 4.68. The maximum absolute atomic E-state index is 6.28. The third kappa shape index (κ3) is 2.94. The van der Waals surface area contributed by atoms with Gasteiger partial charge in [-0.25, -0.2) is 4.98 Å². The van der Waals surface area contributed by atoms with E-state index in [1.165, 1.54) is 0 Å². The van der Waals surface area contributed by atoms with E-state index in [2.05, 4.69) is 9.97 Å². The van der Waals surface area contributed by atoms with Gasteiger partial charge in [-0.1, -0.05) is 12.1 Å². The molecule has 4 rings (SSSR count). The van der Waals surface area contributed by atoms with Crippen LogP contribution in [0.5, 0.6) is 11.5 Å². The van der Waals surface area contributed by atoms with Crippen molar-refractivity contribution in [1.82, 2.24) is 15.0 Å². The fourth-order valence-corrected chi connectivity index (χ4v) is 2.74. The van der Waals surface area contributed by atoms with Gasteiger partial charge in [0, 0.05) is 35.2 Å². The zero-order valence-electron chi connectivity index (χ0n) is 14.1. The normalized spacial score (nSPS) is 10.8. The molecule has 0 unspecified atom stereocenters. The van der Waals surface area contributed by atoms with Crippen LogP contribution in [0.25, 0.3) is 22.2 Å². The number of aromatic nitrogens is 3. The quantitative estimate of drug-likeness (QED) is 0.525. The van der Waals surface area contributed by atoms with E-state index in [9.17, 15) is 0 Å². The first-order valence-corrected chi connectivity index (χ1v) is 8.12. The van der Waals surface area contributed by atoms with Gasteiger partial charge in [-0.05, 0) is 55.8 Å². The maximum atomic E-state index is 6.28. The Bertz CT molecular complexity index is 1040. The van der Waals surface area contributed by atoms with Gasteiger partial charge in [0.25, 0.3) is 0 Å². The molecule has 0 amide bonds. The molecular weight excluding hydrogens is 310 g/mol. The number of hydrogen-bond donors (Lipinski definition) is 0. The van der Waals surface area contributed by atoms with Crippen molar-refractivity contribution in [1.29, 1.82) is 0 Å². The third-order valence-electron chi connectivity index (χ3n) is 4.20. The summed E-state index contributed by atoms with van der Waals surface area (Å²) in [6.45, 7) is 4.04. The van der Waals surface area contributed by atoms with Crippen molar-refractivity contribution in [2.24, 2.45) is 0 Å². The van der Waals surface area contributed by atoms with Crippen LogP contribution in [-0.4, -0.2) is 15.0 Å². The van der Waals surface area contributed by atoms with E-state index >= 15 is 0 Å². The van der Waals surface area contributed by atoms with Crippen molar-refractivity contribution in [3.05, 3.63) is 78.4 Å². The lowest BCUT2D eigenvalue weighted by molar-refractivity contribution is 0.487. The highest BCUT2D eigenvalue weighted by Gasteiger charge is 2.13. The smallest absolute Gasteiger partial charge is 0.154 e. The lowest BCUT2D eigenvalue weighted by Gasteiger charge is -2.14. The molecule has 4 nitrogen and oxygen atoms in total. The molecular formula is C21H17N3O. The van der Waals surface area contributed by atoms with Crippen molar-refractivity contribution >= 4 is 10.9 Å². The van der Waals surface area contributed by atoms with E-state index in [0.717, 1.165) is 39.2 Å². The maximum Gasteiger partial charge on any atom is 0.154 e. The monoisotopic (exact) mass is 327 g/mol.